The number of thioether (sulfide) groups is 1. The molecule has 3 rings (SSSR count). The van der Waals surface area contributed by atoms with E-state index in [-0.39, 0.29) is 28.8 Å². The highest BCUT2D eigenvalue weighted by Crippen LogP contribution is 2.27. The van der Waals surface area contributed by atoms with Crippen LogP contribution < -0.4 is 10.6 Å². The lowest BCUT2D eigenvalue weighted by Crippen LogP contribution is -2.39. The summed E-state index contributed by atoms with van der Waals surface area (Å²) in [6, 6.07) is 4.78. The molecule has 2 aromatic rings. The molecule has 0 radical (unpaired) electrons. The fraction of sp³-hybridized carbons (Fsp3) is 0.353. The van der Waals surface area contributed by atoms with E-state index in [0.717, 1.165) is 22.8 Å². The van der Waals surface area contributed by atoms with Crippen LogP contribution in [0.15, 0.2) is 40.9 Å². The van der Waals surface area contributed by atoms with Crippen LogP contribution in [0.3, 0.4) is 0 Å². The van der Waals surface area contributed by atoms with E-state index in [9.17, 15) is 18.0 Å². The van der Waals surface area contributed by atoms with Crippen LogP contribution >= 0.6 is 23.1 Å². The molecule has 3 heterocycles. The van der Waals surface area contributed by atoms with Crippen molar-refractivity contribution in [1.82, 2.24) is 19.9 Å². The van der Waals surface area contributed by atoms with Crippen LogP contribution in [0.5, 0.6) is 0 Å². The van der Waals surface area contributed by atoms with Gasteiger partial charge in [-0.25, -0.2) is 8.42 Å². The molecular formula is C17H20N4O4S3. The van der Waals surface area contributed by atoms with Crippen molar-refractivity contribution < 1.29 is 18.0 Å². The minimum Gasteiger partial charge on any atom is -0.350 e. The van der Waals surface area contributed by atoms with Gasteiger partial charge in [-0.3, -0.25) is 14.6 Å². The number of hydrogen-bond acceptors (Lipinski definition) is 7. The van der Waals surface area contributed by atoms with Crippen molar-refractivity contribution >= 4 is 44.9 Å². The number of rotatable bonds is 7. The van der Waals surface area contributed by atoms with E-state index in [4.69, 9.17) is 0 Å². The van der Waals surface area contributed by atoms with Gasteiger partial charge in [0.1, 0.15) is 9.77 Å². The Morgan fingerprint density at radius 3 is 2.50 bits per heavy atom. The van der Waals surface area contributed by atoms with Crippen molar-refractivity contribution in [2.75, 3.05) is 37.7 Å². The Morgan fingerprint density at radius 1 is 1.11 bits per heavy atom. The topological polar surface area (TPSA) is 108 Å². The first-order valence-corrected chi connectivity index (χ1v) is 12.1. The van der Waals surface area contributed by atoms with Crippen molar-refractivity contribution in [2.45, 2.75) is 4.90 Å². The van der Waals surface area contributed by atoms with Gasteiger partial charge in [0.2, 0.25) is 10.0 Å². The molecule has 0 bridgehead atoms. The Hall–Kier alpha value is -1.95. The van der Waals surface area contributed by atoms with Gasteiger partial charge in [-0.15, -0.1) is 11.3 Å². The summed E-state index contributed by atoms with van der Waals surface area (Å²) >= 11 is 2.81. The lowest BCUT2D eigenvalue weighted by molar-refractivity contribution is 0.0928. The number of nitrogens with one attached hydrogen (secondary N) is 2. The fourth-order valence-corrected chi connectivity index (χ4v) is 6.52. The number of thiophene rings is 1. The van der Waals surface area contributed by atoms with Crippen LogP contribution in [-0.4, -0.2) is 67.2 Å². The van der Waals surface area contributed by atoms with Crippen molar-refractivity contribution in [2.24, 2.45) is 0 Å². The van der Waals surface area contributed by atoms with Crippen molar-refractivity contribution in [1.29, 1.82) is 0 Å². The van der Waals surface area contributed by atoms with Gasteiger partial charge in [0, 0.05) is 50.1 Å². The quantitative estimate of drug-likeness (QED) is 0.623. The lowest BCUT2D eigenvalue weighted by Gasteiger charge is -2.25. The predicted octanol–water partition coefficient (Wildman–Crippen LogP) is 1.04. The number of aromatic nitrogens is 1. The summed E-state index contributed by atoms with van der Waals surface area (Å²) in [5.41, 5.74) is 0.431. The number of pyridine rings is 1. The zero-order chi connectivity index (χ0) is 20.0. The molecule has 0 atom stereocenters. The van der Waals surface area contributed by atoms with Crippen LogP contribution in [0.1, 0.15) is 20.0 Å². The maximum atomic E-state index is 12.8. The second-order valence-corrected chi connectivity index (χ2v) is 9.93. The van der Waals surface area contributed by atoms with Crippen LogP contribution in [-0.2, 0) is 10.0 Å². The summed E-state index contributed by atoms with van der Waals surface area (Å²) in [4.78, 5) is 28.5. The van der Waals surface area contributed by atoms with Gasteiger partial charge in [-0.05, 0) is 23.6 Å². The standard InChI is InChI=1S/C17H20N4O4S3/c22-16(13-2-1-4-18-12-13)19-5-6-20-17(23)15-14(3-9-27-15)28(24,25)21-7-10-26-11-8-21/h1-4,9,12H,5-8,10-11H2,(H,19,22)(H,20,23). The molecule has 11 heteroatoms. The first kappa shape index (κ1) is 20.8. The van der Waals surface area contributed by atoms with E-state index in [1.807, 2.05) is 0 Å². The molecule has 0 unspecified atom stereocenters. The third kappa shape index (κ3) is 4.90. The van der Waals surface area contributed by atoms with Gasteiger partial charge in [0.25, 0.3) is 11.8 Å². The van der Waals surface area contributed by atoms with Gasteiger partial charge in [-0.1, -0.05) is 0 Å². The number of carbonyl (C=O) groups is 2. The molecule has 150 valence electrons. The van der Waals surface area contributed by atoms with Crippen LogP contribution in [0, 0.1) is 0 Å². The highest BCUT2D eigenvalue weighted by Gasteiger charge is 2.31. The Bertz CT molecular complexity index is 925. The highest BCUT2D eigenvalue weighted by molar-refractivity contribution is 7.99. The number of nitrogens with zero attached hydrogens (tertiary/aromatic N) is 2. The highest BCUT2D eigenvalue weighted by atomic mass is 32.2. The molecule has 1 saturated heterocycles. The molecule has 0 aliphatic carbocycles. The van der Waals surface area contributed by atoms with Gasteiger partial charge in [0.05, 0.1) is 5.56 Å². The predicted molar refractivity (Wildman–Crippen MR) is 109 cm³/mol. The first-order valence-electron chi connectivity index (χ1n) is 8.62. The fourth-order valence-electron chi connectivity index (χ4n) is 2.62. The van der Waals surface area contributed by atoms with Gasteiger partial charge in [0.15, 0.2) is 0 Å². The summed E-state index contributed by atoms with van der Waals surface area (Å²) in [7, 11) is -3.68. The Labute approximate surface area is 171 Å². The normalized spacial score (nSPS) is 15.1. The molecule has 0 aromatic carbocycles. The molecule has 2 amide bonds. The molecule has 2 N–H and O–H groups in total. The second-order valence-electron chi connectivity index (χ2n) is 5.88. The molecule has 1 aliphatic rings. The summed E-state index contributed by atoms with van der Waals surface area (Å²) in [5.74, 6) is 0.753. The van der Waals surface area contributed by atoms with E-state index in [0.29, 0.717) is 18.7 Å². The first-order chi connectivity index (χ1) is 13.5. The average Bonchev–Trinajstić information content (AvgIpc) is 3.23. The van der Waals surface area contributed by atoms with Gasteiger partial charge < -0.3 is 10.6 Å². The average molecular weight is 441 g/mol. The summed E-state index contributed by atoms with van der Waals surface area (Å²) in [6.07, 6.45) is 3.03. The van der Waals surface area contributed by atoms with Crippen LogP contribution in [0.4, 0.5) is 0 Å². The third-order valence-corrected chi connectivity index (χ3v) is 7.97. The van der Waals surface area contributed by atoms with Crippen molar-refractivity contribution in [3.05, 3.63) is 46.4 Å². The number of hydrogen-bond donors (Lipinski definition) is 2. The molecule has 0 spiro atoms. The van der Waals surface area contributed by atoms with Gasteiger partial charge >= 0.3 is 0 Å². The minimum absolute atomic E-state index is 0.0429. The second kappa shape index (κ2) is 9.50. The summed E-state index contributed by atoms with van der Waals surface area (Å²) in [5, 5.41) is 6.94. The van der Waals surface area contributed by atoms with Crippen LogP contribution in [0.25, 0.3) is 0 Å². The number of sulfonamides is 1. The van der Waals surface area contributed by atoms with Gasteiger partial charge in [-0.2, -0.15) is 16.1 Å². The number of carbonyl (C=O) groups excluding carboxylic acids is 2. The van der Waals surface area contributed by atoms with Crippen LogP contribution in [0.2, 0.25) is 0 Å². The van der Waals surface area contributed by atoms with Crippen molar-refractivity contribution in [3.63, 3.8) is 0 Å². The van der Waals surface area contributed by atoms with Crippen molar-refractivity contribution in [3.8, 4) is 0 Å². The van der Waals surface area contributed by atoms with E-state index in [1.54, 1.807) is 35.5 Å². The van der Waals surface area contributed by atoms with E-state index >= 15 is 0 Å². The Morgan fingerprint density at radius 2 is 1.82 bits per heavy atom. The Kier molecular flexibility index (Phi) is 7.05. The smallest absolute Gasteiger partial charge is 0.262 e. The minimum atomic E-state index is -3.68. The van der Waals surface area contributed by atoms with E-state index in [2.05, 4.69) is 15.6 Å². The maximum Gasteiger partial charge on any atom is 0.262 e. The third-order valence-electron chi connectivity index (χ3n) is 4.04. The molecule has 1 aliphatic heterocycles. The molecule has 1 fully saturated rings. The molecular weight excluding hydrogens is 420 g/mol. The SMILES string of the molecule is O=C(NCCNC(=O)c1sccc1S(=O)(=O)N1CCSCC1)c1cccnc1. The van der Waals surface area contributed by atoms with E-state index in [1.165, 1.54) is 16.6 Å². The largest absolute Gasteiger partial charge is 0.350 e. The molecule has 0 saturated carbocycles. The molecule has 8 nitrogen and oxygen atoms in total. The maximum absolute atomic E-state index is 12.8. The zero-order valence-electron chi connectivity index (χ0n) is 15.0. The summed E-state index contributed by atoms with van der Waals surface area (Å²) < 4.78 is 27.1. The molecule has 28 heavy (non-hydrogen) atoms. The number of amides is 2. The summed E-state index contributed by atoms with van der Waals surface area (Å²) in [6.45, 7) is 1.30. The lowest BCUT2D eigenvalue weighted by atomic mass is 10.3. The Balaban J connectivity index is 1.55. The monoisotopic (exact) mass is 440 g/mol. The van der Waals surface area contributed by atoms with E-state index < -0.39 is 15.9 Å². The molecule has 2 aromatic heterocycles. The zero-order valence-corrected chi connectivity index (χ0v) is 17.4.